The molecule has 0 spiro atoms. The number of rotatable bonds is 3. The Kier molecular flexibility index (Phi) is 5.49. The molecule has 0 heterocycles. The van der Waals surface area contributed by atoms with E-state index in [1.165, 1.54) is 11.1 Å². The van der Waals surface area contributed by atoms with Crippen LogP contribution in [0.4, 0.5) is 0 Å². The summed E-state index contributed by atoms with van der Waals surface area (Å²) in [5, 5.41) is 2.84. The molecule has 0 saturated heterocycles. The molecule has 0 saturated carbocycles. The van der Waals surface area contributed by atoms with Gasteiger partial charge in [-0.15, -0.1) is 0 Å². The van der Waals surface area contributed by atoms with Gasteiger partial charge in [0.05, 0.1) is 12.6 Å². The lowest BCUT2D eigenvalue weighted by Crippen LogP contribution is -2.33. The Hall–Kier alpha value is -2.62. The quantitative estimate of drug-likeness (QED) is 0.675. The predicted octanol–water partition coefficient (Wildman–Crippen LogP) is 4.19. The smallest absolute Gasteiger partial charge is 0.292 e. The van der Waals surface area contributed by atoms with Gasteiger partial charge in [-0.2, -0.15) is 0 Å². The number of hydrogen-bond donors (Lipinski definition) is 1. The molecule has 0 aromatic heterocycles. The summed E-state index contributed by atoms with van der Waals surface area (Å²) < 4.78 is 5.61. The average molecular weight is 336 g/mol. The Morgan fingerprint density at radius 2 is 1.96 bits per heavy atom. The lowest BCUT2D eigenvalue weighted by Gasteiger charge is -2.23. The molecule has 4 nitrogen and oxygen atoms in total. The highest BCUT2D eigenvalue weighted by molar-refractivity contribution is 6.05. The number of ether oxygens (including phenoxy) is 1. The molecule has 1 amide bonds. The summed E-state index contributed by atoms with van der Waals surface area (Å²) >= 11 is 0. The fraction of sp³-hybridized carbons (Fsp3) is 0.333. The molecule has 0 bridgehead atoms. The molecular weight excluding hydrogens is 312 g/mol. The van der Waals surface area contributed by atoms with Crippen molar-refractivity contribution in [2.75, 3.05) is 6.61 Å². The van der Waals surface area contributed by atoms with Crippen molar-refractivity contribution < 1.29 is 9.53 Å². The lowest BCUT2D eigenvalue weighted by atomic mass is 9.88. The Morgan fingerprint density at radius 1 is 1.20 bits per heavy atom. The van der Waals surface area contributed by atoms with Crippen LogP contribution in [-0.4, -0.2) is 18.5 Å². The third-order valence-corrected chi connectivity index (χ3v) is 4.50. The standard InChI is InChI=1S/C21H24N2O2/c1-3-25-21(23-20(24)17-12-6-4-9-15(17)2)22-19-14-8-11-16-10-5-7-13-18(16)19/h4-7,9-10,12-13,19H,3,8,11,14H2,1-2H3,(H,22,23,24)/t19-/m0/s1. The molecule has 1 atom stereocenters. The number of nitrogens with zero attached hydrogens (tertiary/aromatic N) is 1. The van der Waals surface area contributed by atoms with Crippen LogP contribution >= 0.6 is 0 Å². The van der Waals surface area contributed by atoms with Crippen LogP contribution in [-0.2, 0) is 11.2 Å². The molecule has 0 fully saturated rings. The molecule has 25 heavy (non-hydrogen) atoms. The highest BCUT2D eigenvalue weighted by Gasteiger charge is 2.21. The maximum atomic E-state index is 12.6. The zero-order chi connectivity index (χ0) is 17.6. The van der Waals surface area contributed by atoms with Crippen molar-refractivity contribution in [2.45, 2.75) is 39.2 Å². The first-order valence-electron chi connectivity index (χ1n) is 8.84. The molecule has 0 unspecified atom stereocenters. The number of nitrogens with one attached hydrogen (secondary N) is 1. The van der Waals surface area contributed by atoms with Crippen LogP contribution in [0, 0.1) is 6.92 Å². The largest absolute Gasteiger partial charge is 0.465 e. The van der Waals surface area contributed by atoms with Gasteiger partial charge >= 0.3 is 0 Å². The van der Waals surface area contributed by atoms with Crippen molar-refractivity contribution in [3.05, 3.63) is 70.8 Å². The molecule has 1 aliphatic rings. The Morgan fingerprint density at radius 3 is 2.76 bits per heavy atom. The average Bonchev–Trinajstić information content (AvgIpc) is 2.62. The van der Waals surface area contributed by atoms with Gasteiger partial charge in [0.2, 0.25) is 0 Å². The Bertz CT molecular complexity index is 783. The van der Waals surface area contributed by atoms with Gasteiger partial charge in [0.1, 0.15) is 0 Å². The number of carbonyl (C=O) groups excluding carboxylic acids is 1. The molecular formula is C21H24N2O2. The van der Waals surface area contributed by atoms with Gasteiger partial charge in [-0.05, 0) is 55.9 Å². The third kappa shape index (κ3) is 4.08. The van der Waals surface area contributed by atoms with E-state index in [4.69, 9.17) is 9.73 Å². The number of aryl methyl sites for hydroxylation is 2. The summed E-state index contributed by atoms with van der Waals surface area (Å²) in [4.78, 5) is 17.3. The van der Waals surface area contributed by atoms with E-state index in [2.05, 4.69) is 23.5 Å². The van der Waals surface area contributed by atoms with Crippen LogP contribution in [0.1, 0.15) is 52.9 Å². The molecule has 0 radical (unpaired) electrons. The fourth-order valence-electron chi connectivity index (χ4n) is 3.24. The highest BCUT2D eigenvalue weighted by Crippen LogP contribution is 2.32. The van der Waals surface area contributed by atoms with E-state index in [1.54, 1.807) is 0 Å². The summed E-state index contributed by atoms with van der Waals surface area (Å²) in [6.45, 7) is 4.27. The number of aliphatic imine (C=N–C) groups is 1. The molecule has 4 heteroatoms. The maximum absolute atomic E-state index is 12.6. The van der Waals surface area contributed by atoms with Crippen LogP contribution in [0.15, 0.2) is 53.5 Å². The number of amides is 1. The van der Waals surface area contributed by atoms with Crippen molar-refractivity contribution in [2.24, 2.45) is 4.99 Å². The van der Waals surface area contributed by atoms with Crippen molar-refractivity contribution in [1.82, 2.24) is 5.32 Å². The fourth-order valence-corrected chi connectivity index (χ4v) is 3.24. The first kappa shape index (κ1) is 17.2. The first-order chi connectivity index (χ1) is 12.2. The number of carbonyl (C=O) groups is 1. The second-order valence-electron chi connectivity index (χ2n) is 6.24. The SMILES string of the molecule is CCOC(=N[C@H]1CCCc2ccccc21)NC(=O)c1ccccc1C. The van der Waals surface area contributed by atoms with Gasteiger partial charge in [0, 0.05) is 5.56 Å². The normalized spacial score (nSPS) is 16.9. The van der Waals surface area contributed by atoms with Crippen LogP contribution < -0.4 is 5.32 Å². The monoisotopic (exact) mass is 336 g/mol. The number of hydrogen-bond acceptors (Lipinski definition) is 3. The highest BCUT2D eigenvalue weighted by atomic mass is 16.5. The maximum Gasteiger partial charge on any atom is 0.292 e. The minimum Gasteiger partial charge on any atom is -0.465 e. The minimum atomic E-state index is -0.186. The van der Waals surface area contributed by atoms with Gasteiger partial charge < -0.3 is 4.74 Å². The summed E-state index contributed by atoms with van der Waals surface area (Å²) in [5.74, 6) is -0.186. The topological polar surface area (TPSA) is 50.7 Å². The van der Waals surface area contributed by atoms with E-state index in [9.17, 15) is 4.79 Å². The summed E-state index contributed by atoms with van der Waals surface area (Å²) in [6.07, 6.45) is 3.14. The van der Waals surface area contributed by atoms with Crippen LogP contribution in [0.2, 0.25) is 0 Å². The van der Waals surface area contributed by atoms with Gasteiger partial charge in [-0.1, -0.05) is 42.5 Å². The van der Waals surface area contributed by atoms with Crippen LogP contribution in [0.25, 0.3) is 0 Å². The van der Waals surface area contributed by atoms with E-state index in [1.807, 2.05) is 44.2 Å². The zero-order valence-corrected chi connectivity index (χ0v) is 14.8. The second kappa shape index (κ2) is 7.97. The first-order valence-corrected chi connectivity index (χ1v) is 8.84. The number of benzene rings is 2. The lowest BCUT2D eigenvalue weighted by molar-refractivity contribution is 0.0965. The van der Waals surface area contributed by atoms with Crippen LogP contribution in [0.5, 0.6) is 0 Å². The van der Waals surface area contributed by atoms with Gasteiger partial charge in [-0.3, -0.25) is 10.1 Å². The van der Waals surface area contributed by atoms with E-state index in [0.717, 1.165) is 24.8 Å². The molecule has 2 aromatic carbocycles. The van der Waals surface area contributed by atoms with Crippen LogP contribution in [0.3, 0.4) is 0 Å². The zero-order valence-electron chi connectivity index (χ0n) is 14.8. The van der Waals surface area contributed by atoms with Crippen molar-refractivity contribution >= 4 is 11.9 Å². The Labute approximate surface area is 148 Å². The van der Waals surface area contributed by atoms with Gasteiger partial charge in [-0.25, -0.2) is 4.99 Å². The predicted molar refractivity (Wildman–Crippen MR) is 99.8 cm³/mol. The molecule has 1 N–H and O–H groups in total. The van der Waals surface area contributed by atoms with Gasteiger partial charge in [0.25, 0.3) is 11.9 Å². The minimum absolute atomic E-state index is 0.0312. The molecule has 0 aliphatic heterocycles. The van der Waals surface area contributed by atoms with E-state index < -0.39 is 0 Å². The Balaban J connectivity index is 1.83. The van der Waals surface area contributed by atoms with E-state index in [0.29, 0.717) is 18.2 Å². The molecule has 2 aromatic rings. The third-order valence-electron chi connectivity index (χ3n) is 4.50. The van der Waals surface area contributed by atoms with E-state index >= 15 is 0 Å². The van der Waals surface area contributed by atoms with Crippen molar-refractivity contribution in [3.8, 4) is 0 Å². The molecule has 3 rings (SSSR count). The molecule has 1 aliphatic carbocycles. The number of fused-ring (bicyclic) bond motifs is 1. The van der Waals surface area contributed by atoms with E-state index in [-0.39, 0.29) is 11.9 Å². The summed E-state index contributed by atoms with van der Waals surface area (Å²) in [6, 6.07) is 16.2. The number of amidine groups is 1. The van der Waals surface area contributed by atoms with Crippen molar-refractivity contribution in [3.63, 3.8) is 0 Å². The molecule has 130 valence electrons. The second-order valence-corrected chi connectivity index (χ2v) is 6.24. The van der Waals surface area contributed by atoms with Gasteiger partial charge in [0.15, 0.2) is 0 Å². The van der Waals surface area contributed by atoms with Crippen molar-refractivity contribution in [1.29, 1.82) is 0 Å². The summed E-state index contributed by atoms with van der Waals surface area (Å²) in [5.41, 5.74) is 4.14. The summed E-state index contributed by atoms with van der Waals surface area (Å²) in [7, 11) is 0.